The summed E-state index contributed by atoms with van der Waals surface area (Å²) in [6.45, 7) is 4.19. The maximum Gasteiger partial charge on any atom is 1.00 e. The summed E-state index contributed by atoms with van der Waals surface area (Å²) in [5.74, 6) is 0. The maximum absolute atomic E-state index is 11.5. The molecule has 6 heteroatoms. The van der Waals surface area contributed by atoms with Gasteiger partial charge in [-0.15, -0.1) is 0 Å². The zero-order chi connectivity index (χ0) is 19.7. The van der Waals surface area contributed by atoms with Gasteiger partial charge in [-0.25, -0.2) is 8.42 Å². The average molecular weight is 431 g/mol. The monoisotopic (exact) mass is 430 g/mol. The fourth-order valence-electron chi connectivity index (χ4n) is 3.43. The molecule has 4 nitrogen and oxygen atoms in total. The summed E-state index contributed by atoms with van der Waals surface area (Å²) >= 11 is 0. The van der Waals surface area contributed by atoms with Gasteiger partial charge >= 0.3 is 51.4 Å². The van der Waals surface area contributed by atoms with Crippen LogP contribution in [0.5, 0.6) is 0 Å². The Bertz CT molecular complexity index is 401. The van der Waals surface area contributed by atoms with Gasteiger partial charge in [-0.1, -0.05) is 97.3 Å². The van der Waals surface area contributed by atoms with Crippen LogP contribution in [0.1, 0.15) is 123 Å². The maximum atomic E-state index is 11.5. The van der Waals surface area contributed by atoms with Crippen LogP contribution in [0.2, 0.25) is 0 Å². The van der Waals surface area contributed by atoms with Crippen molar-refractivity contribution < 1.29 is 69.5 Å². The summed E-state index contributed by atoms with van der Waals surface area (Å²) < 4.78 is 34.4. The van der Waals surface area contributed by atoms with E-state index in [-0.39, 0.29) is 57.5 Å². The van der Waals surface area contributed by atoms with Crippen LogP contribution in [-0.4, -0.2) is 29.4 Å². The van der Waals surface area contributed by atoms with Crippen molar-refractivity contribution >= 4 is 10.1 Å². The molecule has 2 atom stereocenters. The molecule has 158 valence electrons. The van der Waals surface area contributed by atoms with Gasteiger partial charge in [-0.05, 0) is 25.7 Å². The second-order valence-corrected chi connectivity index (χ2v) is 9.44. The predicted molar refractivity (Wildman–Crippen MR) is 109 cm³/mol. The second-order valence-electron chi connectivity index (χ2n) is 7.79. The molecule has 0 aliphatic rings. The third-order valence-electron chi connectivity index (χ3n) is 5.32. The first-order valence-electron chi connectivity index (χ1n) is 11.0. The van der Waals surface area contributed by atoms with Gasteiger partial charge in [0.15, 0.2) is 0 Å². The molecule has 0 amide bonds. The Morgan fingerprint density at radius 2 is 1.07 bits per heavy atom. The molecule has 0 aromatic rings. The van der Waals surface area contributed by atoms with Crippen LogP contribution in [0, 0.1) is 0 Å². The Morgan fingerprint density at radius 1 is 0.704 bits per heavy atom. The van der Waals surface area contributed by atoms with Crippen molar-refractivity contribution in [2.75, 3.05) is 0 Å². The Balaban J connectivity index is 0. The minimum Gasteiger partial charge on any atom is -0.748 e. The normalized spacial score (nSPS) is 13.9. The molecule has 27 heavy (non-hydrogen) atoms. The third kappa shape index (κ3) is 20.6. The molecule has 0 saturated carbocycles. The van der Waals surface area contributed by atoms with Crippen molar-refractivity contribution in [1.29, 1.82) is 0 Å². The van der Waals surface area contributed by atoms with Gasteiger partial charge in [0.25, 0.3) is 0 Å². The molecule has 0 rings (SSSR count). The van der Waals surface area contributed by atoms with Crippen LogP contribution in [0.25, 0.3) is 0 Å². The number of rotatable bonds is 19. The Labute approximate surface area is 211 Å². The van der Waals surface area contributed by atoms with E-state index in [9.17, 15) is 18.1 Å². The van der Waals surface area contributed by atoms with Crippen LogP contribution in [0.4, 0.5) is 0 Å². The first-order chi connectivity index (χ1) is 12.4. The molecule has 0 aromatic carbocycles. The molecule has 2 unspecified atom stereocenters. The van der Waals surface area contributed by atoms with E-state index in [0.717, 1.165) is 57.8 Å². The molecule has 0 fully saturated rings. The van der Waals surface area contributed by atoms with E-state index in [1.54, 1.807) is 0 Å². The van der Waals surface area contributed by atoms with E-state index in [2.05, 4.69) is 6.92 Å². The molecule has 0 radical (unpaired) electrons. The second kappa shape index (κ2) is 20.8. The van der Waals surface area contributed by atoms with Crippen molar-refractivity contribution in [2.24, 2.45) is 0 Å². The van der Waals surface area contributed by atoms with E-state index >= 15 is 0 Å². The van der Waals surface area contributed by atoms with E-state index in [0.29, 0.717) is 12.8 Å². The van der Waals surface area contributed by atoms with Gasteiger partial charge < -0.3 is 9.66 Å². The number of aliphatic hydroxyl groups is 1. The van der Waals surface area contributed by atoms with Crippen LogP contribution >= 0.6 is 0 Å². The van der Waals surface area contributed by atoms with E-state index in [1.807, 2.05) is 6.92 Å². The minimum absolute atomic E-state index is 0. The number of unbranched alkanes of at least 4 members (excludes halogenated alkanes) is 11. The van der Waals surface area contributed by atoms with Gasteiger partial charge in [0, 0.05) is 5.25 Å². The molecule has 0 aliphatic carbocycles. The molecular formula is C21H43KO4S. The van der Waals surface area contributed by atoms with Crippen LogP contribution in [-0.2, 0) is 10.1 Å². The SMILES string of the molecule is CCCCCCCCCCCC(CCCCCCC(O)CC)S(=O)(=O)[O-].[K+]. The number of hydrogen-bond acceptors (Lipinski definition) is 4. The van der Waals surface area contributed by atoms with Crippen molar-refractivity contribution in [3.63, 3.8) is 0 Å². The molecule has 0 aliphatic heterocycles. The summed E-state index contributed by atoms with van der Waals surface area (Å²) in [6.07, 6.45) is 16.9. The quantitative estimate of drug-likeness (QED) is 0.194. The van der Waals surface area contributed by atoms with Gasteiger partial charge in [0.05, 0.1) is 16.2 Å². The summed E-state index contributed by atoms with van der Waals surface area (Å²) in [6, 6.07) is 0. The zero-order valence-electron chi connectivity index (χ0n) is 18.3. The summed E-state index contributed by atoms with van der Waals surface area (Å²) in [5.41, 5.74) is 0. The van der Waals surface area contributed by atoms with Crippen LogP contribution in [0.15, 0.2) is 0 Å². The van der Waals surface area contributed by atoms with Crippen molar-refractivity contribution in [3.8, 4) is 0 Å². The molecule has 0 bridgehead atoms. The van der Waals surface area contributed by atoms with E-state index in [1.165, 1.54) is 38.5 Å². The average Bonchev–Trinajstić information content (AvgIpc) is 2.59. The minimum atomic E-state index is -4.17. The zero-order valence-corrected chi connectivity index (χ0v) is 22.2. The Morgan fingerprint density at radius 3 is 1.44 bits per heavy atom. The third-order valence-corrected chi connectivity index (χ3v) is 6.61. The van der Waals surface area contributed by atoms with Gasteiger partial charge in [-0.3, -0.25) is 0 Å². The van der Waals surface area contributed by atoms with Crippen LogP contribution in [0.3, 0.4) is 0 Å². The topological polar surface area (TPSA) is 77.4 Å². The van der Waals surface area contributed by atoms with Crippen LogP contribution < -0.4 is 51.4 Å². The number of aliphatic hydroxyl groups excluding tert-OH is 1. The standard InChI is InChI=1S/C21H44O4S.K/c1-3-5-6-7-8-9-10-11-15-18-21(26(23,24)25)19-16-13-12-14-17-20(22)4-2;/h20-22H,3-19H2,1-2H3,(H,23,24,25);/q;+1/p-1. The Kier molecular flexibility index (Phi) is 23.6. The molecule has 0 aromatic heterocycles. The van der Waals surface area contributed by atoms with Crippen molar-refractivity contribution in [2.45, 2.75) is 134 Å². The molecule has 0 heterocycles. The summed E-state index contributed by atoms with van der Waals surface area (Å²) in [5, 5.41) is 8.80. The number of hydrogen-bond donors (Lipinski definition) is 1. The molecule has 0 saturated heterocycles. The largest absolute Gasteiger partial charge is 1.00 e. The van der Waals surface area contributed by atoms with Gasteiger partial charge in [0.2, 0.25) is 0 Å². The van der Waals surface area contributed by atoms with Crippen molar-refractivity contribution in [3.05, 3.63) is 0 Å². The Hall–Kier alpha value is 1.51. The fourth-order valence-corrected chi connectivity index (χ4v) is 4.34. The predicted octanol–water partition coefficient (Wildman–Crippen LogP) is 2.94. The smallest absolute Gasteiger partial charge is 0.748 e. The fraction of sp³-hybridized carbons (Fsp3) is 1.00. The van der Waals surface area contributed by atoms with Gasteiger partial charge in [0.1, 0.15) is 0 Å². The first-order valence-corrected chi connectivity index (χ1v) is 12.5. The summed E-state index contributed by atoms with van der Waals surface area (Å²) in [7, 11) is -4.17. The molecule has 0 spiro atoms. The summed E-state index contributed by atoms with van der Waals surface area (Å²) in [4.78, 5) is 0. The first kappa shape index (κ1) is 30.7. The van der Waals surface area contributed by atoms with Gasteiger partial charge in [-0.2, -0.15) is 0 Å². The van der Waals surface area contributed by atoms with E-state index < -0.39 is 15.4 Å². The molecular weight excluding hydrogens is 387 g/mol. The molecule has 1 N–H and O–H groups in total. The van der Waals surface area contributed by atoms with E-state index in [4.69, 9.17) is 0 Å². The van der Waals surface area contributed by atoms with Crippen molar-refractivity contribution in [1.82, 2.24) is 0 Å².